The maximum absolute atomic E-state index is 12.4. The first-order valence-electron chi connectivity index (χ1n) is 10.5. The van der Waals surface area contributed by atoms with Crippen molar-refractivity contribution in [3.63, 3.8) is 0 Å². The number of rotatable bonds is 5. The van der Waals surface area contributed by atoms with E-state index in [1.807, 2.05) is 18.2 Å². The second-order valence-electron chi connectivity index (χ2n) is 7.86. The van der Waals surface area contributed by atoms with E-state index in [1.165, 1.54) is 11.8 Å². The molecule has 1 atom stereocenters. The van der Waals surface area contributed by atoms with Gasteiger partial charge in [0.15, 0.2) is 12.4 Å². The standard InChI is InChI=1S/C23H26N2O5/c26-21(24-19-8-3-6-16-5-1-2-7-18(16)19)15-30-23(28)17-10-12-25(13-11-17)22(27)20-9-4-14-29-20/h1-2,4-5,7,9,14,17,19H,3,6,8,10-13,15H2,(H,24,26). The van der Waals surface area contributed by atoms with Crippen molar-refractivity contribution in [1.82, 2.24) is 10.2 Å². The van der Waals surface area contributed by atoms with Gasteiger partial charge in [0.25, 0.3) is 11.8 Å². The highest BCUT2D eigenvalue weighted by Crippen LogP contribution is 2.29. The summed E-state index contributed by atoms with van der Waals surface area (Å²) in [5, 5.41) is 2.99. The van der Waals surface area contributed by atoms with E-state index in [0.717, 1.165) is 24.8 Å². The molecule has 1 aromatic carbocycles. The van der Waals surface area contributed by atoms with Crippen LogP contribution in [0.25, 0.3) is 0 Å². The number of benzene rings is 1. The van der Waals surface area contributed by atoms with Gasteiger partial charge >= 0.3 is 5.97 Å². The molecule has 0 radical (unpaired) electrons. The zero-order valence-electron chi connectivity index (χ0n) is 16.8. The van der Waals surface area contributed by atoms with Crippen LogP contribution in [0.4, 0.5) is 0 Å². The smallest absolute Gasteiger partial charge is 0.309 e. The number of nitrogens with zero attached hydrogens (tertiary/aromatic N) is 1. The van der Waals surface area contributed by atoms with E-state index in [4.69, 9.17) is 9.15 Å². The van der Waals surface area contributed by atoms with E-state index in [1.54, 1.807) is 17.0 Å². The van der Waals surface area contributed by atoms with Gasteiger partial charge in [-0.2, -0.15) is 0 Å². The molecule has 1 unspecified atom stereocenters. The van der Waals surface area contributed by atoms with Crippen molar-refractivity contribution >= 4 is 17.8 Å². The van der Waals surface area contributed by atoms with Gasteiger partial charge < -0.3 is 19.4 Å². The summed E-state index contributed by atoms with van der Waals surface area (Å²) >= 11 is 0. The highest BCUT2D eigenvalue weighted by molar-refractivity contribution is 5.91. The fourth-order valence-electron chi connectivity index (χ4n) is 4.27. The normalized spacial score (nSPS) is 19.1. The SMILES string of the molecule is O=C(COC(=O)C1CCN(C(=O)c2ccco2)CC1)NC1CCCc2ccccc21. The van der Waals surface area contributed by atoms with Gasteiger partial charge in [-0.1, -0.05) is 24.3 Å². The Bertz CT molecular complexity index is 900. The number of piperidine rings is 1. The van der Waals surface area contributed by atoms with Crippen LogP contribution in [0.5, 0.6) is 0 Å². The average molecular weight is 410 g/mol. The van der Waals surface area contributed by atoms with Crippen LogP contribution in [0.2, 0.25) is 0 Å². The Morgan fingerprint density at radius 2 is 1.87 bits per heavy atom. The Labute approximate surface area is 175 Å². The highest BCUT2D eigenvalue weighted by Gasteiger charge is 2.30. The predicted octanol–water partition coefficient (Wildman–Crippen LogP) is 2.87. The number of carbonyl (C=O) groups is 3. The Hall–Kier alpha value is -3.09. The van der Waals surface area contributed by atoms with Gasteiger partial charge in [0.05, 0.1) is 18.2 Å². The molecule has 4 rings (SSSR count). The third-order valence-corrected chi connectivity index (χ3v) is 5.90. The molecule has 1 fully saturated rings. The zero-order chi connectivity index (χ0) is 20.9. The van der Waals surface area contributed by atoms with E-state index in [-0.39, 0.29) is 36.4 Å². The van der Waals surface area contributed by atoms with Gasteiger partial charge in [-0.25, -0.2) is 0 Å². The van der Waals surface area contributed by atoms with Crippen molar-refractivity contribution in [1.29, 1.82) is 0 Å². The van der Waals surface area contributed by atoms with Crippen molar-refractivity contribution in [2.24, 2.45) is 5.92 Å². The van der Waals surface area contributed by atoms with E-state index >= 15 is 0 Å². The lowest BCUT2D eigenvalue weighted by Gasteiger charge is -2.30. The molecule has 0 spiro atoms. The molecule has 0 saturated carbocycles. The number of hydrogen-bond donors (Lipinski definition) is 1. The number of likely N-dealkylation sites (tertiary alicyclic amines) is 1. The summed E-state index contributed by atoms with van der Waals surface area (Å²) in [6.07, 6.45) is 5.44. The minimum absolute atomic E-state index is 0.0306. The lowest BCUT2D eigenvalue weighted by atomic mass is 9.88. The van der Waals surface area contributed by atoms with Gasteiger partial charge in [-0.05, 0) is 55.4 Å². The van der Waals surface area contributed by atoms with E-state index in [0.29, 0.717) is 31.7 Å². The second-order valence-corrected chi connectivity index (χ2v) is 7.86. The first-order valence-corrected chi connectivity index (χ1v) is 10.5. The number of carbonyl (C=O) groups excluding carboxylic acids is 3. The number of amides is 2. The van der Waals surface area contributed by atoms with Crippen molar-refractivity contribution in [2.45, 2.75) is 38.1 Å². The monoisotopic (exact) mass is 410 g/mol. The molecule has 1 aliphatic carbocycles. The maximum Gasteiger partial charge on any atom is 0.309 e. The molecule has 1 N–H and O–H groups in total. The van der Waals surface area contributed by atoms with Crippen LogP contribution in [0.15, 0.2) is 47.1 Å². The third-order valence-electron chi connectivity index (χ3n) is 5.90. The van der Waals surface area contributed by atoms with E-state index in [9.17, 15) is 14.4 Å². The summed E-state index contributed by atoms with van der Waals surface area (Å²) in [6, 6.07) is 11.4. The van der Waals surface area contributed by atoms with Crippen LogP contribution in [0.1, 0.15) is 53.4 Å². The molecule has 0 bridgehead atoms. The fraction of sp³-hybridized carbons (Fsp3) is 0.435. The molecular formula is C23H26N2O5. The van der Waals surface area contributed by atoms with Crippen LogP contribution < -0.4 is 5.32 Å². The summed E-state index contributed by atoms with van der Waals surface area (Å²) < 4.78 is 10.4. The molecule has 2 amide bonds. The lowest BCUT2D eigenvalue weighted by Crippen LogP contribution is -2.41. The summed E-state index contributed by atoms with van der Waals surface area (Å²) in [5.41, 5.74) is 2.42. The van der Waals surface area contributed by atoms with Crippen molar-refractivity contribution in [2.75, 3.05) is 19.7 Å². The number of furan rings is 1. The Morgan fingerprint density at radius 3 is 2.63 bits per heavy atom. The van der Waals surface area contributed by atoms with Gasteiger partial charge in [-0.3, -0.25) is 14.4 Å². The van der Waals surface area contributed by atoms with Crippen LogP contribution in [-0.4, -0.2) is 42.4 Å². The molecule has 1 aliphatic heterocycles. The van der Waals surface area contributed by atoms with Crippen LogP contribution in [0.3, 0.4) is 0 Å². The number of ether oxygens (including phenoxy) is 1. The molecule has 2 heterocycles. The third kappa shape index (κ3) is 4.56. The number of esters is 1. The summed E-state index contributed by atoms with van der Waals surface area (Å²) in [6.45, 7) is 0.651. The Kier molecular flexibility index (Phi) is 6.16. The first-order chi connectivity index (χ1) is 14.6. The fourth-order valence-corrected chi connectivity index (χ4v) is 4.27. The van der Waals surface area contributed by atoms with Crippen molar-refractivity contribution in [3.05, 3.63) is 59.5 Å². The van der Waals surface area contributed by atoms with Gasteiger partial charge in [0.2, 0.25) is 0 Å². The topological polar surface area (TPSA) is 88.9 Å². The quantitative estimate of drug-likeness (QED) is 0.766. The largest absolute Gasteiger partial charge is 0.459 e. The Balaban J connectivity index is 1.22. The van der Waals surface area contributed by atoms with E-state index in [2.05, 4.69) is 11.4 Å². The molecule has 30 heavy (non-hydrogen) atoms. The van der Waals surface area contributed by atoms with Crippen molar-refractivity contribution in [3.8, 4) is 0 Å². The summed E-state index contributed by atoms with van der Waals surface area (Å²) in [4.78, 5) is 38.7. The number of fused-ring (bicyclic) bond motifs is 1. The number of nitrogens with one attached hydrogen (secondary N) is 1. The minimum Gasteiger partial charge on any atom is -0.459 e. The van der Waals surface area contributed by atoms with E-state index < -0.39 is 0 Å². The molecular weight excluding hydrogens is 384 g/mol. The molecule has 7 heteroatoms. The van der Waals surface area contributed by atoms with Crippen LogP contribution in [-0.2, 0) is 20.7 Å². The average Bonchev–Trinajstić information content (AvgIpc) is 3.32. The van der Waals surface area contributed by atoms with Gasteiger partial charge in [-0.15, -0.1) is 0 Å². The van der Waals surface area contributed by atoms with Crippen LogP contribution >= 0.6 is 0 Å². The molecule has 1 saturated heterocycles. The van der Waals surface area contributed by atoms with Crippen LogP contribution in [0, 0.1) is 5.92 Å². The summed E-state index contributed by atoms with van der Waals surface area (Å²) in [7, 11) is 0. The maximum atomic E-state index is 12.4. The minimum atomic E-state index is -0.376. The number of hydrogen-bond acceptors (Lipinski definition) is 5. The van der Waals surface area contributed by atoms with Gasteiger partial charge in [0, 0.05) is 13.1 Å². The zero-order valence-corrected chi connectivity index (χ0v) is 16.8. The Morgan fingerprint density at radius 1 is 1.07 bits per heavy atom. The first kappa shape index (κ1) is 20.2. The van der Waals surface area contributed by atoms with Crippen molar-refractivity contribution < 1.29 is 23.5 Å². The summed E-state index contributed by atoms with van der Waals surface area (Å²) in [5.74, 6) is -0.820. The highest BCUT2D eigenvalue weighted by atomic mass is 16.5. The van der Waals surface area contributed by atoms with Gasteiger partial charge in [0.1, 0.15) is 0 Å². The molecule has 1 aromatic heterocycles. The second kappa shape index (κ2) is 9.15. The molecule has 2 aliphatic rings. The lowest BCUT2D eigenvalue weighted by molar-refractivity contribution is -0.154. The number of aryl methyl sites for hydroxylation is 1. The molecule has 2 aromatic rings. The molecule has 7 nitrogen and oxygen atoms in total. The molecule has 158 valence electrons. The predicted molar refractivity (Wildman–Crippen MR) is 109 cm³/mol.